The van der Waals surface area contributed by atoms with Crippen molar-refractivity contribution in [1.29, 1.82) is 0 Å². The standard InChI is InChI=1S/C19H23NO/c1-15(2)13-18(16-9-5-3-6-10-16)20-19(14-21)17-11-7-4-8-12-17/h3-12,18-21H,1,13-14H2,2H3/t18?,19-/m0/s1. The average molecular weight is 281 g/mol. The third kappa shape index (κ3) is 4.55. The SMILES string of the molecule is C=C(C)CC(N[C@@H](CO)c1ccccc1)c1ccccc1. The van der Waals surface area contributed by atoms with E-state index in [1.165, 1.54) is 5.56 Å². The van der Waals surface area contributed by atoms with Gasteiger partial charge in [-0.15, -0.1) is 6.58 Å². The fourth-order valence-electron chi connectivity index (χ4n) is 2.49. The Morgan fingerprint density at radius 2 is 1.43 bits per heavy atom. The van der Waals surface area contributed by atoms with Crippen molar-refractivity contribution in [2.75, 3.05) is 6.61 Å². The highest BCUT2D eigenvalue weighted by Crippen LogP contribution is 2.24. The summed E-state index contributed by atoms with van der Waals surface area (Å²) in [6.45, 7) is 6.13. The Hall–Kier alpha value is -1.90. The van der Waals surface area contributed by atoms with Gasteiger partial charge in [0.25, 0.3) is 0 Å². The molecule has 0 bridgehead atoms. The van der Waals surface area contributed by atoms with Crippen LogP contribution < -0.4 is 5.32 Å². The van der Waals surface area contributed by atoms with E-state index in [1.54, 1.807) is 0 Å². The minimum absolute atomic E-state index is 0.0730. The molecule has 110 valence electrons. The number of nitrogens with one attached hydrogen (secondary N) is 1. The van der Waals surface area contributed by atoms with Gasteiger partial charge in [0.05, 0.1) is 12.6 Å². The van der Waals surface area contributed by atoms with E-state index in [0.29, 0.717) is 0 Å². The topological polar surface area (TPSA) is 32.3 Å². The number of hydrogen-bond acceptors (Lipinski definition) is 2. The van der Waals surface area contributed by atoms with Crippen molar-refractivity contribution in [3.63, 3.8) is 0 Å². The van der Waals surface area contributed by atoms with Gasteiger partial charge in [0.15, 0.2) is 0 Å². The monoisotopic (exact) mass is 281 g/mol. The van der Waals surface area contributed by atoms with E-state index < -0.39 is 0 Å². The predicted octanol–water partition coefficient (Wildman–Crippen LogP) is 4.02. The van der Waals surface area contributed by atoms with Crippen LogP contribution >= 0.6 is 0 Å². The first kappa shape index (κ1) is 15.5. The van der Waals surface area contributed by atoms with Crippen LogP contribution in [0.5, 0.6) is 0 Å². The van der Waals surface area contributed by atoms with Crippen LogP contribution in [0.25, 0.3) is 0 Å². The van der Waals surface area contributed by atoms with Gasteiger partial charge in [0.2, 0.25) is 0 Å². The molecule has 0 spiro atoms. The summed E-state index contributed by atoms with van der Waals surface area (Å²) < 4.78 is 0. The average Bonchev–Trinajstić information content (AvgIpc) is 2.52. The molecular weight excluding hydrogens is 258 g/mol. The fourth-order valence-corrected chi connectivity index (χ4v) is 2.49. The van der Waals surface area contributed by atoms with Crippen molar-refractivity contribution < 1.29 is 5.11 Å². The fraction of sp³-hybridized carbons (Fsp3) is 0.263. The van der Waals surface area contributed by atoms with Gasteiger partial charge in [-0.1, -0.05) is 66.2 Å². The van der Waals surface area contributed by atoms with Gasteiger partial charge < -0.3 is 10.4 Å². The third-order valence-corrected chi connectivity index (χ3v) is 3.54. The van der Waals surface area contributed by atoms with Crippen LogP contribution in [0.15, 0.2) is 72.8 Å². The summed E-state index contributed by atoms with van der Waals surface area (Å²) in [5.41, 5.74) is 3.44. The van der Waals surface area contributed by atoms with Gasteiger partial charge in [-0.2, -0.15) is 0 Å². The number of aliphatic hydroxyl groups is 1. The summed E-state index contributed by atoms with van der Waals surface area (Å²) in [5, 5.41) is 13.3. The molecule has 0 aliphatic rings. The largest absolute Gasteiger partial charge is 0.394 e. The lowest BCUT2D eigenvalue weighted by molar-refractivity contribution is 0.232. The molecule has 0 saturated heterocycles. The predicted molar refractivity (Wildman–Crippen MR) is 88.0 cm³/mol. The van der Waals surface area contributed by atoms with Crippen LogP contribution in [-0.4, -0.2) is 11.7 Å². The van der Waals surface area contributed by atoms with E-state index in [0.717, 1.165) is 17.6 Å². The highest BCUT2D eigenvalue weighted by atomic mass is 16.3. The van der Waals surface area contributed by atoms with Crippen molar-refractivity contribution in [3.8, 4) is 0 Å². The summed E-state index contributed by atoms with van der Waals surface area (Å²) in [5.74, 6) is 0. The minimum atomic E-state index is -0.0734. The zero-order valence-corrected chi connectivity index (χ0v) is 12.5. The molecule has 1 unspecified atom stereocenters. The van der Waals surface area contributed by atoms with Gasteiger partial charge in [-0.25, -0.2) is 0 Å². The molecule has 2 rings (SSSR count). The molecule has 0 aliphatic carbocycles. The Morgan fingerprint density at radius 1 is 0.952 bits per heavy atom. The van der Waals surface area contributed by atoms with Gasteiger partial charge in [0.1, 0.15) is 0 Å². The maximum absolute atomic E-state index is 9.72. The van der Waals surface area contributed by atoms with Crippen molar-refractivity contribution >= 4 is 0 Å². The molecule has 0 saturated carbocycles. The zero-order chi connectivity index (χ0) is 15.1. The van der Waals surface area contributed by atoms with Gasteiger partial charge >= 0.3 is 0 Å². The first-order valence-electron chi connectivity index (χ1n) is 7.32. The van der Waals surface area contributed by atoms with Crippen LogP contribution in [0, 0.1) is 0 Å². The third-order valence-electron chi connectivity index (χ3n) is 3.54. The molecule has 0 aromatic heterocycles. The maximum atomic E-state index is 9.72. The maximum Gasteiger partial charge on any atom is 0.0626 e. The second-order valence-corrected chi connectivity index (χ2v) is 5.44. The van der Waals surface area contributed by atoms with Crippen molar-refractivity contribution in [2.24, 2.45) is 0 Å². The van der Waals surface area contributed by atoms with Gasteiger partial charge in [-0.05, 0) is 24.5 Å². The quantitative estimate of drug-likeness (QED) is 0.751. The molecule has 21 heavy (non-hydrogen) atoms. The van der Waals surface area contributed by atoms with E-state index in [2.05, 4.69) is 24.0 Å². The lowest BCUT2D eigenvalue weighted by Crippen LogP contribution is -2.29. The molecular formula is C19H23NO. The van der Waals surface area contributed by atoms with E-state index in [-0.39, 0.29) is 18.7 Å². The molecule has 2 N–H and O–H groups in total. The summed E-state index contributed by atoms with van der Waals surface area (Å²) >= 11 is 0. The van der Waals surface area contributed by atoms with Crippen molar-refractivity contribution in [2.45, 2.75) is 25.4 Å². The Balaban J connectivity index is 2.19. The summed E-state index contributed by atoms with van der Waals surface area (Å²) in [7, 11) is 0. The molecule has 0 radical (unpaired) electrons. The first-order chi connectivity index (χ1) is 10.2. The summed E-state index contributed by atoms with van der Waals surface area (Å²) in [6, 6.07) is 20.5. The second-order valence-electron chi connectivity index (χ2n) is 5.44. The molecule has 0 fully saturated rings. The highest BCUT2D eigenvalue weighted by Gasteiger charge is 2.17. The second kappa shape index (κ2) is 7.77. The summed E-state index contributed by atoms with van der Waals surface area (Å²) in [6.07, 6.45) is 0.855. The lowest BCUT2D eigenvalue weighted by atomic mass is 9.98. The zero-order valence-electron chi connectivity index (χ0n) is 12.5. The summed E-state index contributed by atoms with van der Waals surface area (Å²) in [4.78, 5) is 0. The minimum Gasteiger partial charge on any atom is -0.394 e. The van der Waals surface area contributed by atoms with Crippen LogP contribution in [0.4, 0.5) is 0 Å². The van der Waals surface area contributed by atoms with Crippen LogP contribution in [-0.2, 0) is 0 Å². The number of rotatable bonds is 7. The molecule has 2 atom stereocenters. The van der Waals surface area contributed by atoms with Gasteiger partial charge in [-0.3, -0.25) is 0 Å². The van der Waals surface area contributed by atoms with Gasteiger partial charge in [0, 0.05) is 6.04 Å². The number of aliphatic hydroxyl groups excluding tert-OH is 1. The van der Waals surface area contributed by atoms with E-state index >= 15 is 0 Å². The molecule has 0 heterocycles. The van der Waals surface area contributed by atoms with Crippen molar-refractivity contribution in [1.82, 2.24) is 5.32 Å². The number of hydrogen-bond donors (Lipinski definition) is 2. The Kier molecular flexibility index (Phi) is 5.73. The highest BCUT2D eigenvalue weighted by molar-refractivity contribution is 5.23. The molecule has 0 aliphatic heterocycles. The van der Waals surface area contributed by atoms with Crippen LogP contribution in [0.1, 0.15) is 36.6 Å². The molecule has 2 heteroatoms. The number of benzene rings is 2. The Labute approximate surface area is 127 Å². The first-order valence-corrected chi connectivity index (χ1v) is 7.32. The smallest absolute Gasteiger partial charge is 0.0626 e. The van der Waals surface area contributed by atoms with Crippen LogP contribution in [0.2, 0.25) is 0 Å². The van der Waals surface area contributed by atoms with E-state index in [9.17, 15) is 5.11 Å². The molecule has 2 aromatic carbocycles. The van der Waals surface area contributed by atoms with E-state index in [4.69, 9.17) is 0 Å². The normalized spacial score (nSPS) is 13.6. The van der Waals surface area contributed by atoms with E-state index in [1.807, 2.05) is 55.5 Å². The molecule has 0 amide bonds. The van der Waals surface area contributed by atoms with Crippen LogP contribution in [0.3, 0.4) is 0 Å². The molecule has 2 aromatic rings. The Morgan fingerprint density at radius 3 is 1.86 bits per heavy atom. The van der Waals surface area contributed by atoms with Crippen molar-refractivity contribution in [3.05, 3.63) is 83.9 Å². The lowest BCUT2D eigenvalue weighted by Gasteiger charge is -2.25. The molecule has 2 nitrogen and oxygen atoms in total. The Bertz CT molecular complexity index is 550.